The Labute approximate surface area is 32.7 Å². The van der Waals surface area contributed by atoms with E-state index in [1.54, 1.807) is 0 Å². The molecule has 0 aliphatic heterocycles. The van der Waals surface area contributed by atoms with Gasteiger partial charge in [-0.2, -0.15) is 0 Å². The highest BCUT2D eigenvalue weighted by Crippen LogP contribution is 0.861. The van der Waals surface area contributed by atoms with Gasteiger partial charge in [-0.3, -0.25) is 9.41 Å². The number of halogens is 3. The van der Waals surface area contributed by atoms with Crippen LogP contribution in [0.5, 0.6) is 0 Å². The number of hydrogen-bond donors (Lipinski definition) is 0. The zero-order valence-corrected chi connectivity index (χ0v) is 3.38. The summed E-state index contributed by atoms with van der Waals surface area (Å²) in [4.78, 5) is 0. The van der Waals surface area contributed by atoms with Crippen molar-refractivity contribution < 1.29 is 9.41 Å². The molecule has 0 N–H and O–H groups in total. The minimum atomic E-state index is 0. The molecule has 4 heteroatoms. The van der Waals surface area contributed by atoms with Gasteiger partial charge in [-0.15, -0.1) is 12.4 Å². The van der Waals surface area contributed by atoms with Gasteiger partial charge in [0.05, 0.1) is 0 Å². The summed E-state index contributed by atoms with van der Waals surface area (Å²) >= 11 is 0. The van der Waals surface area contributed by atoms with Gasteiger partial charge in [-0.1, -0.05) is 0 Å². The smallest absolute Gasteiger partial charge is 0 e. The van der Waals surface area contributed by atoms with Crippen LogP contribution in [0.25, 0.3) is 0 Å². The molecule has 0 heterocycles. The SMILES string of the molecule is Cl.F.F.[P]. The third-order valence-corrected chi connectivity index (χ3v) is 0. The van der Waals surface area contributed by atoms with Crippen molar-refractivity contribution in [3.63, 3.8) is 0 Å². The monoisotopic (exact) mass is 107 g/mol. The summed E-state index contributed by atoms with van der Waals surface area (Å²) in [5.41, 5.74) is 0. The molecule has 0 fully saturated rings. The van der Waals surface area contributed by atoms with Crippen molar-refractivity contribution in [1.82, 2.24) is 0 Å². The molecule has 0 bridgehead atoms. The minimum Gasteiger partial charge on any atom is -0.269 e. The second-order valence-corrected chi connectivity index (χ2v) is 0. The molecule has 29 valence electrons. The molecule has 0 aliphatic rings. The summed E-state index contributed by atoms with van der Waals surface area (Å²) in [5.74, 6) is 0. The molecule has 0 aromatic rings. The van der Waals surface area contributed by atoms with Crippen LogP contribution >= 0.6 is 22.3 Å². The van der Waals surface area contributed by atoms with Gasteiger partial charge in [-0.25, -0.2) is 0 Å². The Bertz CT molecular complexity index is 6.00. The summed E-state index contributed by atoms with van der Waals surface area (Å²) < 4.78 is 0. The van der Waals surface area contributed by atoms with E-state index in [4.69, 9.17) is 0 Å². The maximum absolute atomic E-state index is 0. The molecule has 0 atom stereocenters. The molecule has 0 unspecified atom stereocenters. The van der Waals surface area contributed by atoms with Crippen LogP contribution in [0, 0.1) is 0 Å². The maximum atomic E-state index is 0. The molecule has 4 heavy (non-hydrogen) atoms. The van der Waals surface area contributed by atoms with Crippen molar-refractivity contribution >= 4 is 22.3 Å². The lowest BCUT2D eigenvalue weighted by atomic mass is 19.0. The molecule has 0 saturated heterocycles. The van der Waals surface area contributed by atoms with E-state index in [1.807, 2.05) is 0 Å². The van der Waals surface area contributed by atoms with Crippen molar-refractivity contribution in [1.29, 1.82) is 0 Å². The van der Waals surface area contributed by atoms with Crippen LogP contribution in [-0.4, -0.2) is 0 Å². The van der Waals surface area contributed by atoms with Crippen LogP contribution < -0.4 is 0 Å². The van der Waals surface area contributed by atoms with E-state index in [0.29, 0.717) is 0 Å². The molecule has 0 aromatic heterocycles. The molecular formula is H3ClF2P. The van der Waals surface area contributed by atoms with Crippen molar-refractivity contribution in [3.8, 4) is 0 Å². The predicted molar refractivity (Wildman–Crippen MR) is 19.2 cm³/mol. The van der Waals surface area contributed by atoms with Crippen LogP contribution in [0.4, 0.5) is 9.41 Å². The Morgan fingerprint density at radius 1 is 0.750 bits per heavy atom. The first-order chi connectivity index (χ1) is 0. The topological polar surface area (TPSA) is 0 Å². The Hall–Kier alpha value is 0.580. The normalized spacial score (nSPS) is 0. The summed E-state index contributed by atoms with van der Waals surface area (Å²) in [6.07, 6.45) is 0. The third kappa shape index (κ3) is 19.1. The average Bonchev–Trinajstić information content (AvgIpc) is 0. The first-order valence-electron chi connectivity index (χ1n) is 0. The fraction of sp³-hybridized carbons (Fsp3) is 0. The fourth-order valence-electron chi connectivity index (χ4n) is 0. The van der Waals surface area contributed by atoms with Gasteiger partial charge in [0.15, 0.2) is 0 Å². The van der Waals surface area contributed by atoms with E-state index in [0.717, 1.165) is 0 Å². The molecular weight excluding hydrogens is 104 g/mol. The summed E-state index contributed by atoms with van der Waals surface area (Å²) in [5, 5.41) is 0. The van der Waals surface area contributed by atoms with E-state index in [1.165, 1.54) is 0 Å². The van der Waals surface area contributed by atoms with Gasteiger partial charge in [0, 0.05) is 9.90 Å². The Kier molecular flexibility index (Phi) is 3090. The minimum absolute atomic E-state index is 0. The van der Waals surface area contributed by atoms with E-state index >= 15 is 0 Å². The summed E-state index contributed by atoms with van der Waals surface area (Å²) in [6.45, 7) is 0. The zero-order valence-electron chi connectivity index (χ0n) is 1.67. The second kappa shape index (κ2) is 70.8. The Balaban J connectivity index is 0. The molecule has 0 rings (SSSR count). The van der Waals surface area contributed by atoms with Gasteiger partial charge in [0.2, 0.25) is 0 Å². The van der Waals surface area contributed by atoms with Gasteiger partial charge in [0.25, 0.3) is 0 Å². The van der Waals surface area contributed by atoms with Gasteiger partial charge in [-0.05, 0) is 0 Å². The highest BCUT2D eigenvalue weighted by Gasteiger charge is 0.0000144. The first kappa shape index (κ1) is 174. The average molecular weight is 107 g/mol. The second-order valence-electron chi connectivity index (χ2n) is 0. The maximum Gasteiger partial charge on any atom is 0 e. The zero-order chi connectivity index (χ0) is 0. The van der Waals surface area contributed by atoms with Crippen LogP contribution in [-0.2, 0) is 0 Å². The van der Waals surface area contributed by atoms with Gasteiger partial charge in [0.1, 0.15) is 0 Å². The molecule has 0 spiro atoms. The van der Waals surface area contributed by atoms with Crippen LogP contribution in [0.3, 0.4) is 0 Å². The first-order valence-corrected chi connectivity index (χ1v) is 0. The van der Waals surface area contributed by atoms with Crippen LogP contribution in [0.2, 0.25) is 0 Å². The lowest BCUT2D eigenvalue weighted by molar-refractivity contribution is 1.11. The van der Waals surface area contributed by atoms with Crippen molar-refractivity contribution in [2.45, 2.75) is 0 Å². The quantitative estimate of drug-likeness (QED) is 0.413. The summed E-state index contributed by atoms with van der Waals surface area (Å²) in [7, 11) is 0. The van der Waals surface area contributed by atoms with Crippen LogP contribution in [0.15, 0.2) is 0 Å². The predicted octanol–water partition coefficient (Wildman–Crippen LogP) is 1.59. The molecule has 0 nitrogen and oxygen atoms in total. The molecule has 0 amide bonds. The van der Waals surface area contributed by atoms with E-state index < -0.39 is 0 Å². The highest BCUT2D eigenvalue weighted by atomic mass is 35.5. The van der Waals surface area contributed by atoms with Crippen molar-refractivity contribution in [2.75, 3.05) is 0 Å². The van der Waals surface area contributed by atoms with E-state index in [2.05, 4.69) is 0 Å². The van der Waals surface area contributed by atoms with Gasteiger partial charge < -0.3 is 0 Å². The summed E-state index contributed by atoms with van der Waals surface area (Å²) in [6, 6.07) is 0. The Morgan fingerprint density at radius 2 is 0.750 bits per heavy atom. The highest BCUT2D eigenvalue weighted by molar-refractivity contribution is 6.92. The Morgan fingerprint density at radius 3 is 0.750 bits per heavy atom. The standard InChI is InChI=1S/ClH.2FH.P/h3*1H;. The number of hydrogen-bond acceptors (Lipinski definition) is 0. The van der Waals surface area contributed by atoms with Crippen molar-refractivity contribution in [2.24, 2.45) is 0 Å². The molecule has 0 aromatic carbocycles. The van der Waals surface area contributed by atoms with E-state index in [9.17, 15) is 0 Å². The van der Waals surface area contributed by atoms with Gasteiger partial charge >= 0.3 is 0 Å². The third-order valence-electron chi connectivity index (χ3n) is 0. The molecule has 0 aliphatic carbocycles. The lowest BCUT2D eigenvalue weighted by Crippen LogP contribution is 0.419. The van der Waals surface area contributed by atoms with E-state index in [-0.39, 0.29) is 31.7 Å². The molecule has 0 saturated carbocycles. The number of rotatable bonds is 0. The fourth-order valence-corrected chi connectivity index (χ4v) is 0. The molecule has 3 radical (unpaired) electrons. The lowest BCUT2D eigenvalue weighted by Gasteiger charge is -0.270. The van der Waals surface area contributed by atoms with Crippen LogP contribution in [0.1, 0.15) is 0 Å². The van der Waals surface area contributed by atoms with Crippen molar-refractivity contribution in [3.05, 3.63) is 0 Å². The largest absolute Gasteiger partial charge is 0.269 e.